The molecule has 1 aliphatic rings. The number of anilines is 1. The molecule has 1 fully saturated rings. The van der Waals surface area contributed by atoms with Crippen LogP contribution in [0.5, 0.6) is 0 Å². The summed E-state index contributed by atoms with van der Waals surface area (Å²) in [7, 11) is 0. The van der Waals surface area contributed by atoms with Crippen molar-refractivity contribution in [2.24, 2.45) is 5.41 Å². The van der Waals surface area contributed by atoms with Crippen LogP contribution in [0.2, 0.25) is 0 Å². The average molecular weight is 282 g/mol. The summed E-state index contributed by atoms with van der Waals surface area (Å²) in [5.74, 6) is 0.0611. The van der Waals surface area contributed by atoms with Gasteiger partial charge < -0.3 is 10.6 Å². The Morgan fingerprint density at radius 2 is 1.86 bits per heavy atom. The van der Waals surface area contributed by atoms with Gasteiger partial charge in [0.2, 0.25) is 0 Å². The molecule has 2 aromatic rings. The van der Waals surface area contributed by atoms with Crippen LogP contribution in [-0.2, 0) is 0 Å². The van der Waals surface area contributed by atoms with E-state index in [1.165, 1.54) is 6.42 Å². The highest BCUT2D eigenvalue weighted by molar-refractivity contribution is 6.04. The molecule has 0 spiro atoms. The van der Waals surface area contributed by atoms with Crippen LogP contribution in [0.25, 0.3) is 10.8 Å². The van der Waals surface area contributed by atoms with Crippen molar-refractivity contribution in [1.82, 2.24) is 4.90 Å². The minimum absolute atomic E-state index is 0.0611. The van der Waals surface area contributed by atoms with E-state index in [0.29, 0.717) is 11.3 Å². The molecule has 0 bridgehead atoms. The maximum absolute atomic E-state index is 12.8. The summed E-state index contributed by atoms with van der Waals surface area (Å²) in [4.78, 5) is 14.7. The van der Waals surface area contributed by atoms with Crippen LogP contribution in [0.1, 0.15) is 37.0 Å². The number of hydrogen-bond acceptors (Lipinski definition) is 2. The molecule has 1 aliphatic heterocycles. The van der Waals surface area contributed by atoms with Crippen molar-refractivity contribution in [3.63, 3.8) is 0 Å². The quantitative estimate of drug-likeness (QED) is 0.811. The predicted molar refractivity (Wildman–Crippen MR) is 87.3 cm³/mol. The highest BCUT2D eigenvalue weighted by atomic mass is 16.2. The minimum Gasteiger partial charge on any atom is -0.398 e. The average Bonchev–Trinajstić information content (AvgIpc) is 2.44. The fourth-order valence-electron chi connectivity index (χ4n) is 3.21. The summed E-state index contributed by atoms with van der Waals surface area (Å²) in [5, 5.41) is 2.14. The first-order valence-electron chi connectivity index (χ1n) is 7.54. The number of piperidine rings is 1. The van der Waals surface area contributed by atoms with E-state index in [2.05, 4.69) is 13.8 Å². The largest absolute Gasteiger partial charge is 0.398 e. The number of likely N-dealkylation sites (tertiary alicyclic amines) is 1. The number of fused-ring (bicyclic) bond motifs is 1. The molecule has 0 unspecified atom stereocenters. The van der Waals surface area contributed by atoms with Crippen LogP contribution in [0.3, 0.4) is 0 Å². The highest BCUT2D eigenvalue weighted by Gasteiger charge is 2.30. The molecule has 0 radical (unpaired) electrons. The summed E-state index contributed by atoms with van der Waals surface area (Å²) in [6.45, 7) is 6.07. The molecule has 2 N–H and O–H groups in total. The van der Waals surface area contributed by atoms with E-state index < -0.39 is 0 Å². The number of carbonyl (C=O) groups excluding carboxylic acids is 1. The van der Waals surface area contributed by atoms with E-state index in [0.717, 1.165) is 30.3 Å². The lowest BCUT2D eigenvalue weighted by molar-refractivity contribution is 0.0584. The third-order valence-corrected chi connectivity index (χ3v) is 4.34. The van der Waals surface area contributed by atoms with Crippen molar-refractivity contribution < 1.29 is 4.79 Å². The molecule has 21 heavy (non-hydrogen) atoms. The van der Waals surface area contributed by atoms with Gasteiger partial charge >= 0.3 is 0 Å². The maximum atomic E-state index is 12.8. The van der Waals surface area contributed by atoms with E-state index in [4.69, 9.17) is 5.73 Å². The van der Waals surface area contributed by atoms with Crippen molar-refractivity contribution >= 4 is 22.4 Å². The Morgan fingerprint density at radius 1 is 1.19 bits per heavy atom. The molecule has 1 heterocycles. The van der Waals surface area contributed by atoms with Gasteiger partial charge in [0.25, 0.3) is 5.91 Å². The Kier molecular flexibility index (Phi) is 3.36. The molecule has 3 nitrogen and oxygen atoms in total. The molecule has 0 atom stereocenters. The molecular formula is C18H22N2O. The zero-order chi connectivity index (χ0) is 15.0. The van der Waals surface area contributed by atoms with Crippen molar-refractivity contribution in [3.05, 3.63) is 42.0 Å². The van der Waals surface area contributed by atoms with Gasteiger partial charge in [0.1, 0.15) is 0 Å². The van der Waals surface area contributed by atoms with Gasteiger partial charge in [-0.25, -0.2) is 0 Å². The van der Waals surface area contributed by atoms with Crippen LogP contribution in [0.15, 0.2) is 36.4 Å². The van der Waals surface area contributed by atoms with Gasteiger partial charge in [-0.1, -0.05) is 38.1 Å². The molecule has 1 saturated heterocycles. The summed E-state index contributed by atoms with van der Waals surface area (Å²) < 4.78 is 0. The monoisotopic (exact) mass is 282 g/mol. The summed E-state index contributed by atoms with van der Waals surface area (Å²) in [6.07, 6.45) is 2.23. The van der Waals surface area contributed by atoms with Crippen LogP contribution >= 0.6 is 0 Å². The first kappa shape index (κ1) is 13.9. The molecule has 3 rings (SSSR count). The third-order valence-electron chi connectivity index (χ3n) is 4.34. The molecule has 110 valence electrons. The topological polar surface area (TPSA) is 46.3 Å². The fraction of sp³-hybridized carbons (Fsp3) is 0.389. The van der Waals surface area contributed by atoms with Crippen molar-refractivity contribution in [3.8, 4) is 0 Å². The van der Waals surface area contributed by atoms with Crippen LogP contribution in [0.4, 0.5) is 5.69 Å². The van der Waals surface area contributed by atoms with Gasteiger partial charge in [-0.2, -0.15) is 0 Å². The lowest BCUT2D eigenvalue weighted by atomic mass is 9.84. The van der Waals surface area contributed by atoms with Crippen LogP contribution in [-0.4, -0.2) is 23.9 Å². The number of amides is 1. The Bertz CT molecular complexity index is 691. The Labute approximate surface area is 125 Å². The predicted octanol–water partition coefficient (Wildman–Crippen LogP) is 3.68. The number of benzene rings is 2. The van der Waals surface area contributed by atoms with Crippen LogP contribution in [0, 0.1) is 5.41 Å². The second-order valence-corrected chi connectivity index (χ2v) is 6.78. The Morgan fingerprint density at radius 3 is 2.52 bits per heavy atom. The van der Waals surface area contributed by atoms with Gasteiger partial charge in [0.15, 0.2) is 0 Å². The van der Waals surface area contributed by atoms with Crippen molar-refractivity contribution in [1.29, 1.82) is 0 Å². The number of nitrogens with zero attached hydrogens (tertiary/aromatic N) is 1. The Balaban J connectivity index is 1.96. The van der Waals surface area contributed by atoms with Crippen molar-refractivity contribution in [2.45, 2.75) is 26.7 Å². The number of hydrogen-bond donors (Lipinski definition) is 1. The van der Waals surface area contributed by atoms with E-state index in [1.807, 2.05) is 41.3 Å². The SMILES string of the molecule is CC1(C)CCCN(C(=O)c2cc3ccccc3cc2N)C1. The Hall–Kier alpha value is -2.03. The fourth-order valence-corrected chi connectivity index (χ4v) is 3.21. The first-order valence-corrected chi connectivity index (χ1v) is 7.54. The second-order valence-electron chi connectivity index (χ2n) is 6.78. The lowest BCUT2D eigenvalue weighted by Crippen LogP contribution is -2.43. The highest BCUT2D eigenvalue weighted by Crippen LogP contribution is 2.30. The van der Waals surface area contributed by atoms with Gasteiger partial charge in [0.05, 0.1) is 5.56 Å². The minimum atomic E-state index is 0.0611. The van der Waals surface area contributed by atoms with E-state index >= 15 is 0 Å². The maximum Gasteiger partial charge on any atom is 0.255 e. The summed E-state index contributed by atoms with van der Waals surface area (Å²) >= 11 is 0. The van der Waals surface area contributed by atoms with Gasteiger partial charge in [-0.05, 0) is 41.2 Å². The molecule has 1 amide bonds. The van der Waals surface area contributed by atoms with E-state index in [-0.39, 0.29) is 11.3 Å². The molecular weight excluding hydrogens is 260 g/mol. The smallest absolute Gasteiger partial charge is 0.255 e. The molecule has 3 heteroatoms. The number of nitrogen functional groups attached to an aromatic ring is 1. The van der Waals surface area contributed by atoms with Gasteiger partial charge in [-0.15, -0.1) is 0 Å². The number of nitrogens with two attached hydrogens (primary N) is 1. The first-order chi connectivity index (χ1) is 9.96. The molecule has 2 aromatic carbocycles. The third kappa shape index (κ3) is 2.73. The number of rotatable bonds is 1. The standard InChI is InChI=1S/C18H22N2O/c1-18(2)8-5-9-20(12-18)17(21)15-10-13-6-3-4-7-14(13)11-16(15)19/h3-4,6-7,10-11H,5,8-9,12,19H2,1-2H3. The zero-order valence-electron chi connectivity index (χ0n) is 12.7. The zero-order valence-corrected chi connectivity index (χ0v) is 12.7. The second kappa shape index (κ2) is 5.06. The molecule has 0 aliphatic carbocycles. The summed E-state index contributed by atoms with van der Waals surface area (Å²) in [5.41, 5.74) is 7.51. The number of carbonyl (C=O) groups is 1. The molecule has 0 aromatic heterocycles. The lowest BCUT2D eigenvalue weighted by Gasteiger charge is -2.38. The van der Waals surface area contributed by atoms with E-state index in [1.54, 1.807) is 0 Å². The van der Waals surface area contributed by atoms with Gasteiger partial charge in [-0.3, -0.25) is 4.79 Å². The van der Waals surface area contributed by atoms with E-state index in [9.17, 15) is 4.79 Å². The van der Waals surface area contributed by atoms with Gasteiger partial charge in [0, 0.05) is 18.8 Å². The van der Waals surface area contributed by atoms with Crippen LogP contribution < -0.4 is 5.73 Å². The van der Waals surface area contributed by atoms with Crippen molar-refractivity contribution in [2.75, 3.05) is 18.8 Å². The summed E-state index contributed by atoms with van der Waals surface area (Å²) in [6, 6.07) is 11.8. The normalized spacial score (nSPS) is 17.9. The molecule has 0 saturated carbocycles.